The van der Waals surface area contributed by atoms with Gasteiger partial charge >= 0.3 is 0 Å². The largest absolute Gasteiger partial charge is 0.381 e. The highest BCUT2D eigenvalue weighted by Crippen LogP contribution is 2.34. The van der Waals surface area contributed by atoms with Crippen LogP contribution in [0.1, 0.15) is 18.5 Å². The van der Waals surface area contributed by atoms with Gasteiger partial charge < -0.3 is 5.11 Å². The van der Waals surface area contributed by atoms with Crippen molar-refractivity contribution in [2.75, 3.05) is 0 Å². The second kappa shape index (κ2) is 5.64. The molecule has 114 valence electrons. The SMILES string of the molecule is C[C@H](n1ccnn1)[C@](O)(Cn1cncn1)c1ccc(F)cc1. The monoisotopic (exact) mass is 302 g/mol. The molecule has 2 aromatic heterocycles. The van der Waals surface area contributed by atoms with E-state index in [1.807, 2.05) is 6.92 Å². The van der Waals surface area contributed by atoms with Crippen LogP contribution in [0.4, 0.5) is 4.39 Å². The molecule has 0 saturated carbocycles. The van der Waals surface area contributed by atoms with E-state index in [0.717, 1.165) is 0 Å². The third-order valence-corrected chi connectivity index (χ3v) is 3.74. The lowest BCUT2D eigenvalue weighted by atomic mass is 9.87. The van der Waals surface area contributed by atoms with E-state index in [-0.39, 0.29) is 12.4 Å². The molecule has 0 bridgehead atoms. The zero-order valence-corrected chi connectivity index (χ0v) is 11.9. The third kappa shape index (κ3) is 2.60. The number of hydrogen-bond acceptors (Lipinski definition) is 5. The first kappa shape index (κ1) is 14.3. The summed E-state index contributed by atoms with van der Waals surface area (Å²) in [4.78, 5) is 3.88. The molecular formula is C14H15FN6O. The van der Waals surface area contributed by atoms with Gasteiger partial charge in [-0.15, -0.1) is 5.10 Å². The van der Waals surface area contributed by atoms with Crippen molar-refractivity contribution in [3.05, 3.63) is 60.7 Å². The van der Waals surface area contributed by atoms with Gasteiger partial charge in [0, 0.05) is 6.20 Å². The van der Waals surface area contributed by atoms with Gasteiger partial charge in [0.15, 0.2) is 0 Å². The van der Waals surface area contributed by atoms with Gasteiger partial charge in [-0.3, -0.25) is 0 Å². The maximum absolute atomic E-state index is 13.2. The van der Waals surface area contributed by atoms with Gasteiger partial charge in [-0.2, -0.15) is 5.10 Å². The van der Waals surface area contributed by atoms with Gasteiger partial charge in [-0.05, 0) is 24.6 Å². The molecule has 3 aromatic rings. The molecule has 0 amide bonds. The van der Waals surface area contributed by atoms with Crippen LogP contribution in [0.15, 0.2) is 49.3 Å². The van der Waals surface area contributed by atoms with Crippen molar-refractivity contribution in [3.8, 4) is 0 Å². The molecule has 0 unspecified atom stereocenters. The Morgan fingerprint density at radius 3 is 2.68 bits per heavy atom. The predicted octanol–water partition coefficient (Wildman–Crippen LogP) is 1.16. The van der Waals surface area contributed by atoms with Crippen molar-refractivity contribution < 1.29 is 9.50 Å². The zero-order valence-electron chi connectivity index (χ0n) is 11.9. The standard InChI is InChI=1S/C14H15FN6O/c1-11(21-7-6-17-19-21)14(22,8-20-10-16-9-18-20)12-2-4-13(15)5-3-12/h2-7,9-11,22H,8H2,1H3/t11-,14+/m0/s1. The summed E-state index contributed by atoms with van der Waals surface area (Å²) in [7, 11) is 0. The van der Waals surface area contributed by atoms with Crippen molar-refractivity contribution in [3.63, 3.8) is 0 Å². The Kier molecular flexibility index (Phi) is 3.68. The quantitative estimate of drug-likeness (QED) is 0.765. The van der Waals surface area contributed by atoms with E-state index in [4.69, 9.17) is 0 Å². The van der Waals surface area contributed by atoms with Crippen molar-refractivity contribution in [1.82, 2.24) is 29.8 Å². The number of aliphatic hydroxyl groups is 1. The topological polar surface area (TPSA) is 81.6 Å². The average molecular weight is 302 g/mol. The van der Waals surface area contributed by atoms with E-state index in [1.165, 1.54) is 35.7 Å². The molecule has 0 aliphatic heterocycles. The van der Waals surface area contributed by atoms with Crippen LogP contribution in [-0.4, -0.2) is 34.9 Å². The lowest BCUT2D eigenvalue weighted by molar-refractivity contribution is -0.0346. The Balaban J connectivity index is 2.02. The normalized spacial score (nSPS) is 15.4. The van der Waals surface area contributed by atoms with Crippen LogP contribution >= 0.6 is 0 Å². The molecule has 8 heteroatoms. The van der Waals surface area contributed by atoms with Gasteiger partial charge in [0.05, 0.1) is 18.8 Å². The summed E-state index contributed by atoms with van der Waals surface area (Å²) in [6, 6.07) is 5.30. The first-order chi connectivity index (χ1) is 10.6. The van der Waals surface area contributed by atoms with Gasteiger partial charge in [-0.25, -0.2) is 18.7 Å². The lowest BCUT2D eigenvalue weighted by Gasteiger charge is -2.34. The number of hydrogen-bond donors (Lipinski definition) is 1. The Morgan fingerprint density at radius 1 is 1.32 bits per heavy atom. The Labute approximate surface area is 126 Å². The summed E-state index contributed by atoms with van der Waals surface area (Å²) < 4.78 is 16.3. The van der Waals surface area contributed by atoms with Gasteiger partial charge in [0.2, 0.25) is 0 Å². The fourth-order valence-electron chi connectivity index (χ4n) is 2.41. The molecule has 1 N–H and O–H groups in total. The summed E-state index contributed by atoms with van der Waals surface area (Å²) in [5.41, 5.74) is -0.790. The third-order valence-electron chi connectivity index (χ3n) is 3.74. The smallest absolute Gasteiger partial charge is 0.137 e. The van der Waals surface area contributed by atoms with E-state index in [9.17, 15) is 9.50 Å². The molecular weight excluding hydrogens is 287 g/mol. The second-order valence-corrected chi connectivity index (χ2v) is 5.08. The maximum Gasteiger partial charge on any atom is 0.137 e. The van der Waals surface area contributed by atoms with E-state index >= 15 is 0 Å². The molecule has 7 nitrogen and oxygen atoms in total. The molecule has 0 aliphatic rings. The van der Waals surface area contributed by atoms with Crippen LogP contribution in [0.25, 0.3) is 0 Å². The number of benzene rings is 1. The number of aromatic nitrogens is 6. The molecule has 2 atom stereocenters. The fourth-order valence-corrected chi connectivity index (χ4v) is 2.41. The van der Waals surface area contributed by atoms with E-state index in [1.54, 1.807) is 23.0 Å². The summed E-state index contributed by atoms with van der Waals surface area (Å²) in [5, 5.41) is 23.0. The Bertz CT molecular complexity index is 712. The molecule has 2 heterocycles. The van der Waals surface area contributed by atoms with Crippen LogP contribution in [0.2, 0.25) is 0 Å². The van der Waals surface area contributed by atoms with E-state index < -0.39 is 11.6 Å². The maximum atomic E-state index is 13.2. The van der Waals surface area contributed by atoms with Crippen molar-refractivity contribution >= 4 is 0 Å². The van der Waals surface area contributed by atoms with Gasteiger partial charge in [-0.1, -0.05) is 17.3 Å². The first-order valence-electron chi connectivity index (χ1n) is 6.76. The minimum Gasteiger partial charge on any atom is -0.381 e. The van der Waals surface area contributed by atoms with Crippen LogP contribution in [0, 0.1) is 5.82 Å². The van der Waals surface area contributed by atoms with Crippen molar-refractivity contribution in [2.24, 2.45) is 0 Å². The van der Waals surface area contributed by atoms with E-state index in [0.29, 0.717) is 5.56 Å². The van der Waals surface area contributed by atoms with Gasteiger partial charge in [0.25, 0.3) is 0 Å². The van der Waals surface area contributed by atoms with Crippen molar-refractivity contribution in [1.29, 1.82) is 0 Å². The fraction of sp³-hybridized carbons (Fsp3) is 0.286. The lowest BCUT2D eigenvalue weighted by Crippen LogP contribution is -2.40. The summed E-state index contributed by atoms with van der Waals surface area (Å²) in [6.45, 7) is 1.97. The predicted molar refractivity (Wildman–Crippen MR) is 75.1 cm³/mol. The molecule has 0 saturated heterocycles. The summed E-state index contributed by atoms with van der Waals surface area (Å²) in [5.74, 6) is -0.361. The van der Waals surface area contributed by atoms with Crippen molar-refractivity contribution in [2.45, 2.75) is 25.1 Å². The van der Waals surface area contributed by atoms with E-state index in [2.05, 4.69) is 20.4 Å². The Morgan fingerprint density at radius 2 is 2.09 bits per heavy atom. The summed E-state index contributed by atoms with van der Waals surface area (Å²) >= 11 is 0. The number of nitrogens with zero attached hydrogens (tertiary/aromatic N) is 6. The number of rotatable bonds is 5. The van der Waals surface area contributed by atoms with Crippen LogP contribution < -0.4 is 0 Å². The van der Waals surface area contributed by atoms with Crippen LogP contribution in [0.5, 0.6) is 0 Å². The average Bonchev–Trinajstić information content (AvgIpc) is 3.20. The van der Waals surface area contributed by atoms with Gasteiger partial charge in [0.1, 0.15) is 24.1 Å². The molecule has 3 rings (SSSR count). The first-order valence-corrected chi connectivity index (χ1v) is 6.76. The van der Waals surface area contributed by atoms with Crippen LogP contribution in [-0.2, 0) is 12.1 Å². The second-order valence-electron chi connectivity index (χ2n) is 5.08. The molecule has 0 radical (unpaired) electrons. The molecule has 22 heavy (non-hydrogen) atoms. The summed E-state index contributed by atoms with van der Waals surface area (Å²) in [6.07, 6.45) is 6.12. The molecule has 0 spiro atoms. The molecule has 1 aromatic carbocycles. The Hall–Kier alpha value is -2.61. The minimum atomic E-state index is -1.35. The minimum absolute atomic E-state index is 0.152. The number of halogens is 1. The van der Waals surface area contributed by atoms with Crippen LogP contribution in [0.3, 0.4) is 0 Å². The molecule has 0 fully saturated rings. The molecule has 0 aliphatic carbocycles. The highest BCUT2D eigenvalue weighted by atomic mass is 19.1. The highest BCUT2D eigenvalue weighted by molar-refractivity contribution is 5.24. The highest BCUT2D eigenvalue weighted by Gasteiger charge is 2.38. The zero-order chi connectivity index (χ0) is 15.6.